The molecular formula is C15H26N2O. The van der Waals surface area contributed by atoms with Gasteiger partial charge in [-0.1, -0.05) is 26.0 Å². The van der Waals surface area contributed by atoms with Gasteiger partial charge in [0.05, 0.1) is 0 Å². The van der Waals surface area contributed by atoms with Gasteiger partial charge in [0.2, 0.25) is 0 Å². The fourth-order valence-corrected chi connectivity index (χ4v) is 1.81. The van der Waals surface area contributed by atoms with Gasteiger partial charge in [0.25, 0.3) is 0 Å². The summed E-state index contributed by atoms with van der Waals surface area (Å²) >= 11 is 0. The zero-order valence-corrected chi connectivity index (χ0v) is 11.8. The normalized spacial score (nSPS) is 11.7. The Hall–Kier alpha value is -1.06. The van der Waals surface area contributed by atoms with Crippen molar-refractivity contribution < 1.29 is 4.74 Å². The first kappa shape index (κ1) is 15.0. The topological polar surface area (TPSA) is 47.3 Å². The third kappa shape index (κ3) is 6.03. The van der Waals surface area contributed by atoms with Gasteiger partial charge in [0.15, 0.2) is 0 Å². The fraction of sp³-hybridized carbons (Fsp3) is 0.600. The molecule has 0 aliphatic carbocycles. The number of hydrogen-bond donors (Lipinski definition) is 2. The van der Waals surface area contributed by atoms with Gasteiger partial charge in [-0.05, 0) is 42.5 Å². The van der Waals surface area contributed by atoms with Crippen LogP contribution in [0.4, 0.5) is 5.69 Å². The lowest BCUT2D eigenvalue weighted by Crippen LogP contribution is -2.31. The van der Waals surface area contributed by atoms with E-state index in [1.165, 1.54) is 5.56 Å². The van der Waals surface area contributed by atoms with Crippen LogP contribution in [0.25, 0.3) is 0 Å². The highest BCUT2D eigenvalue weighted by molar-refractivity contribution is 5.39. The van der Waals surface area contributed by atoms with Crippen LogP contribution in [0.5, 0.6) is 0 Å². The van der Waals surface area contributed by atoms with E-state index in [2.05, 4.69) is 31.3 Å². The van der Waals surface area contributed by atoms with Crippen LogP contribution in [0.15, 0.2) is 24.3 Å². The van der Waals surface area contributed by atoms with Crippen LogP contribution in [0.1, 0.15) is 25.8 Å². The molecule has 0 fully saturated rings. The molecule has 0 aliphatic heterocycles. The number of benzene rings is 1. The highest BCUT2D eigenvalue weighted by Gasteiger charge is 2.16. The first-order valence-corrected chi connectivity index (χ1v) is 6.57. The van der Waals surface area contributed by atoms with Crippen molar-refractivity contribution in [1.29, 1.82) is 0 Å². The zero-order chi connectivity index (χ0) is 13.4. The quantitative estimate of drug-likeness (QED) is 0.550. The lowest BCUT2D eigenvalue weighted by atomic mass is 9.89. The summed E-state index contributed by atoms with van der Waals surface area (Å²) in [6.07, 6.45) is 2.12. The average molecular weight is 250 g/mol. The second-order valence-corrected chi connectivity index (χ2v) is 5.58. The van der Waals surface area contributed by atoms with Crippen LogP contribution in [0.2, 0.25) is 0 Å². The summed E-state index contributed by atoms with van der Waals surface area (Å²) in [5.41, 5.74) is 8.10. The van der Waals surface area contributed by atoms with Gasteiger partial charge >= 0.3 is 0 Å². The molecule has 0 amide bonds. The minimum absolute atomic E-state index is 0.289. The second-order valence-electron chi connectivity index (χ2n) is 5.58. The number of nitrogen functional groups attached to an aromatic ring is 1. The number of rotatable bonds is 8. The lowest BCUT2D eigenvalue weighted by molar-refractivity contribution is 0.151. The Morgan fingerprint density at radius 2 is 1.89 bits per heavy atom. The van der Waals surface area contributed by atoms with Crippen molar-refractivity contribution in [2.24, 2.45) is 5.41 Å². The molecular weight excluding hydrogens is 224 g/mol. The van der Waals surface area contributed by atoms with Crippen molar-refractivity contribution in [1.82, 2.24) is 5.32 Å². The third-order valence-corrected chi connectivity index (χ3v) is 3.16. The van der Waals surface area contributed by atoms with E-state index in [4.69, 9.17) is 10.5 Å². The summed E-state index contributed by atoms with van der Waals surface area (Å²) in [7, 11) is 1.75. The van der Waals surface area contributed by atoms with Gasteiger partial charge in [-0.3, -0.25) is 0 Å². The predicted octanol–water partition coefficient (Wildman–Crippen LogP) is 2.46. The van der Waals surface area contributed by atoms with Crippen molar-refractivity contribution in [2.75, 3.05) is 32.5 Å². The molecule has 1 aromatic rings. The molecule has 0 bridgehead atoms. The first-order chi connectivity index (χ1) is 8.53. The monoisotopic (exact) mass is 250 g/mol. The Balaban J connectivity index is 2.20. The fourth-order valence-electron chi connectivity index (χ4n) is 1.81. The van der Waals surface area contributed by atoms with Crippen molar-refractivity contribution >= 4 is 5.69 Å². The minimum atomic E-state index is 0.289. The summed E-state index contributed by atoms with van der Waals surface area (Å²) in [5.74, 6) is 0. The number of nitrogens with one attached hydrogen (secondary N) is 1. The predicted molar refractivity (Wildman–Crippen MR) is 77.7 cm³/mol. The molecule has 3 heteroatoms. The maximum atomic E-state index is 5.66. The molecule has 0 saturated carbocycles. The van der Waals surface area contributed by atoms with Crippen molar-refractivity contribution in [2.45, 2.75) is 26.7 Å². The number of hydrogen-bond acceptors (Lipinski definition) is 3. The standard InChI is InChI=1S/C15H26N2O/c1-15(2,9-11-18-3)12-17-10-8-13-4-6-14(16)7-5-13/h4-7,17H,8-12,16H2,1-3H3. The van der Waals surface area contributed by atoms with Crippen LogP contribution >= 0.6 is 0 Å². The van der Waals surface area contributed by atoms with E-state index in [1.54, 1.807) is 7.11 Å². The zero-order valence-electron chi connectivity index (χ0n) is 11.8. The molecule has 0 heterocycles. The third-order valence-electron chi connectivity index (χ3n) is 3.16. The Bertz CT molecular complexity index is 333. The summed E-state index contributed by atoms with van der Waals surface area (Å²) in [6, 6.07) is 8.09. The van der Waals surface area contributed by atoms with E-state index in [1.807, 2.05) is 12.1 Å². The second kappa shape index (κ2) is 7.39. The summed E-state index contributed by atoms with van der Waals surface area (Å²) in [5, 5.41) is 3.51. The number of ether oxygens (including phenoxy) is 1. The smallest absolute Gasteiger partial charge is 0.0467 e. The highest BCUT2D eigenvalue weighted by atomic mass is 16.5. The highest BCUT2D eigenvalue weighted by Crippen LogP contribution is 2.18. The molecule has 1 aromatic carbocycles. The van der Waals surface area contributed by atoms with Crippen LogP contribution in [-0.2, 0) is 11.2 Å². The molecule has 1 rings (SSSR count). The van der Waals surface area contributed by atoms with E-state index in [9.17, 15) is 0 Å². The summed E-state index contributed by atoms with van der Waals surface area (Å²) in [4.78, 5) is 0. The minimum Gasteiger partial charge on any atom is -0.399 e. The van der Waals surface area contributed by atoms with Gasteiger partial charge in [0.1, 0.15) is 0 Å². The molecule has 0 radical (unpaired) electrons. The lowest BCUT2D eigenvalue weighted by Gasteiger charge is -2.24. The molecule has 18 heavy (non-hydrogen) atoms. The van der Waals surface area contributed by atoms with Gasteiger partial charge in [0, 0.05) is 25.9 Å². The number of methoxy groups -OCH3 is 1. The Labute approximate surface area is 111 Å². The largest absolute Gasteiger partial charge is 0.399 e. The van der Waals surface area contributed by atoms with E-state index >= 15 is 0 Å². The van der Waals surface area contributed by atoms with Crippen LogP contribution < -0.4 is 11.1 Å². The molecule has 0 unspecified atom stereocenters. The van der Waals surface area contributed by atoms with Gasteiger partial charge in [-0.15, -0.1) is 0 Å². The molecule has 3 nitrogen and oxygen atoms in total. The van der Waals surface area contributed by atoms with E-state index in [0.29, 0.717) is 0 Å². The SMILES string of the molecule is COCCC(C)(C)CNCCc1ccc(N)cc1. The maximum Gasteiger partial charge on any atom is 0.0467 e. The molecule has 0 aromatic heterocycles. The van der Waals surface area contributed by atoms with Gasteiger partial charge in [-0.25, -0.2) is 0 Å². The Morgan fingerprint density at radius 1 is 1.22 bits per heavy atom. The Kier molecular flexibility index (Phi) is 6.16. The average Bonchev–Trinajstić information content (AvgIpc) is 2.34. The summed E-state index contributed by atoms with van der Waals surface area (Å²) < 4.78 is 5.12. The Morgan fingerprint density at radius 3 is 2.50 bits per heavy atom. The number of anilines is 1. The van der Waals surface area contributed by atoms with Gasteiger partial charge in [-0.2, -0.15) is 0 Å². The number of nitrogens with two attached hydrogens (primary N) is 1. The maximum absolute atomic E-state index is 5.66. The van der Waals surface area contributed by atoms with Crippen LogP contribution in [0, 0.1) is 5.41 Å². The molecule has 0 atom stereocenters. The molecule has 3 N–H and O–H groups in total. The first-order valence-electron chi connectivity index (χ1n) is 6.57. The van der Waals surface area contributed by atoms with E-state index in [0.717, 1.165) is 38.2 Å². The van der Waals surface area contributed by atoms with Gasteiger partial charge < -0.3 is 15.8 Å². The molecule has 0 saturated heterocycles. The van der Waals surface area contributed by atoms with Crippen molar-refractivity contribution in [3.05, 3.63) is 29.8 Å². The van der Waals surface area contributed by atoms with Crippen LogP contribution in [0.3, 0.4) is 0 Å². The van der Waals surface area contributed by atoms with E-state index in [-0.39, 0.29) is 5.41 Å². The van der Waals surface area contributed by atoms with Crippen LogP contribution in [-0.4, -0.2) is 26.8 Å². The van der Waals surface area contributed by atoms with E-state index < -0.39 is 0 Å². The summed E-state index contributed by atoms with van der Waals surface area (Å²) in [6.45, 7) is 7.38. The van der Waals surface area contributed by atoms with Crippen molar-refractivity contribution in [3.8, 4) is 0 Å². The molecule has 102 valence electrons. The molecule has 0 spiro atoms. The van der Waals surface area contributed by atoms with Crippen molar-refractivity contribution in [3.63, 3.8) is 0 Å². The molecule has 0 aliphatic rings.